The number of imide groups is 1. The van der Waals surface area contributed by atoms with Gasteiger partial charge >= 0.3 is 0 Å². The van der Waals surface area contributed by atoms with Gasteiger partial charge in [-0.05, 0) is 57.4 Å². The molecular weight excluding hydrogens is 376 g/mol. The van der Waals surface area contributed by atoms with E-state index in [0.717, 1.165) is 44.4 Å². The van der Waals surface area contributed by atoms with Crippen molar-refractivity contribution in [1.29, 1.82) is 0 Å². The van der Waals surface area contributed by atoms with Crippen LogP contribution in [0.4, 0.5) is 0 Å². The smallest absolute Gasteiger partial charge is 0.242 e. The summed E-state index contributed by atoms with van der Waals surface area (Å²) in [5.41, 5.74) is 11.3. The summed E-state index contributed by atoms with van der Waals surface area (Å²) in [5, 5.41) is -0.256. The van der Waals surface area contributed by atoms with Crippen LogP contribution in [0.5, 0.6) is 0 Å². The summed E-state index contributed by atoms with van der Waals surface area (Å²) in [6.07, 6.45) is 5.87. The summed E-state index contributed by atoms with van der Waals surface area (Å²) < 4.78 is 0. The second kappa shape index (κ2) is 13.2. The van der Waals surface area contributed by atoms with Gasteiger partial charge in [-0.1, -0.05) is 20.3 Å². The fraction of sp³-hybridized carbons (Fsp3) is 0.850. The van der Waals surface area contributed by atoms with Crippen molar-refractivity contribution in [3.05, 3.63) is 0 Å². The van der Waals surface area contributed by atoms with E-state index in [1.54, 1.807) is 11.8 Å². The Bertz CT molecular complexity index is 516. The molecule has 28 heavy (non-hydrogen) atoms. The van der Waals surface area contributed by atoms with Gasteiger partial charge in [-0.2, -0.15) is 0 Å². The highest BCUT2D eigenvalue weighted by molar-refractivity contribution is 8.00. The lowest BCUT2D eigenvalue weighted by atomic mass is 10.1. The van der Waals surface area contributed by atoms with Crippen LogP contribution >= 0.6 is 11.8 Å². The number of nitrogens with two attached hydrogens (primary N) is 2. The van der Waals surface area contributed by atoms with Gasteiger partial charge in [0.05, 0.1) is 11.4 Å². The van der Waals surface area contributed by atoms with E-state index in [2.05, 4.69) is 25.8 Å². The van der Waals surface area contributed by atoms with E-state index in [9.17, 15) is 14.4 Å². The van der Waals surface area contributed by atoms with Crippen molar-refractivity contribution in [2.24, 2.45) is 17.4 Å². The van der Waals surface area contributed by atoms with Crippen LogP contribution in [0.1, 0.15) is 65.2 Å². The van der Waals surface area contributed by atoms with Crippen LogP contribution in [-0.4, -0.2) is 64.8 Å². The van der Waals surface area contributed by atoms with Gasteiger partial charge in [-0.15, -0.1) is 11.8 Å². The van der Waals surface area contributed by atoms with Crippen molar-refractivity contribution in [2.75, 3.05) is 25.9 Å². The minimum Gasteiger partial charge on any atom is -0.370 e. The Morgan fingerprint density at radius 1 is 1.21 bits per heavy atom. The maximum atomic E-state index is 12.5. The number of likely N-dealkylation sites (tertiary alicyclic amines) is 1. The summed E-state index contributed by atoms with van der Waals surface area (Å²) in [5.74, 6) is 1.05. The Hall–Kier alpha value is -1.12. The van der Waals surface area contributed by atoms with Crippen LogP contribution in [0.25, 0.3) is 0 Å². The topological polar surface area (TPSA) is 110 Å². The van der Waals surface area contributed by atoms with Gasteiger partial charge in [0.2, 0.25) is 17.7 Å². The quantitative estimate of drug-likeness (QED) is 0.241. The van der Waals surface area contributed by atoms with Gasteiger partial charge < -0.3 is 11.5 Å². The fourth-order valence-corrected chi connectivity index (χ4v) is 4.28. The van der Waals surface area contributed by atoms with Crippen LogP contribution in [-0.2, 0) is 14.4 Å². The number of carbonyl (C=O) groups is 3. The largest absolute Gasteiger partial charge is 0.370 e. The van der Waals surface area contributed by atoms with E-state index in [-0.39, 0.29) is 29.1 Å². The first kappa shape index (κ1) is 24.9. The van der Waals surface area contributed by atoms with Gasteiger partial charge in [0.15, 0.2) is 0 Å². The molecular formula is C20H38N4O3S. The third kappa shape index (κ3) is 9.39. The molecule has 1 rings (SSSR count). The standard InChI is InChI=1S/C20H38N4O3S/c1-15(2)10-12-23(3)17(21)8-7-13-28-16-14-19(26)24(20(16)27)11-6-4-5-9-18(22)25/h15-17H,4-14,21H2,1-3H3,(H2,22,25). The van der Waals surface area contributed by atoms with Crippen LogP contribution in [0.2, 0.25) is 0 Å². The Kier molecular flexibility index (Phi) is 11.7. The number of nitrogens with zero attached hydrogens (tertiary/aromatic N) is 2. The molecule has 3 amide bonds. The molecule has 2 atom stereocenters. The van der Waals surface area contributed by atoms with E-state index < -0.39 is 0 Å². The van der Waals surface area contributed by atoms with Gasteiger partial charge in [-0.3, -0.25) is 24.2 Å². The van der Waals surface area contributed by atoms with Crippen LogP contribution in [0, 0.1) is 5.92 Å². The van der Waals surface area contributed by atoms with Gasteiger partial charge in [0, 0.05) is 19.4 Å². The predicted molar refractivity (Wildman–Crippen MR) is 115 cm³/mol. The molecule has 1 aliphatic rings. The molecule has 1 fully saturated rings. The summed E-state index contributed by atoms with van der Waals surface area (Å²) >= 11 is 1.57. The van der Waals surface area contributed by atoms with Crippen LogP contribution < -0.4 is 11.5 Å². The predicted octanol–water partition coefficient (Wildman–Crippen LogP) is 1.94. The van der Waals surface area contributed by atoms with Crippen molar-refractivity contribution >= 4 is 29.5 Å². The number of amides is 3. The maximum absolute atomic E-state index is 12.5. The average molecular weight is 415 g/mol. The zero-order chi connectivity index (χ0) is 21.1. The number of hydrogen-bond acceptors (Lipinski definition) is 6. The summed E-state index contributed by atoms with van der Waals surface area (Å²) in [6, 6.07) is 0. The number of carbonyl (C=O) groups excluding carboxylic acids is 3. The molecule has 0 aromatic heterocycles. The zero-order valence-electron chi connectivity index (χ0n) is 17.7. The van der Waals surface area contributed by atoms with E-state index in [0.29, 0.717) is 31.7 Å². The molecule has 0 aromatic carbocycles. The maximum Gasteiger partial charge on any atom is 0.242 e. The third-order valence-corrected chi connectivity index (χ3v) is 6.39. The van der Waals surface area contributed by atoms with E-state index in [4.69, 9.17) is 11.5 Å². The molecule has 8 heteroatoms. The molecule has 0 saturated carbocycles. The molecule has 2 unspecified atom stereocenters. The summed E-state index contributed by atoms with van der Waals surface area (Å²) in [6.45, 7) is 5.86. The van der Waals surface area contributed by atoms with Crippen molar-refractivity contribution in [3.63, 3.8) is 0 Å². The zero-order valence-corrected chi connectivity index (χ0v) is 18.5. The van der Waals surface area contributed by atoms with Crippen LogP contribution in [0.3, 0.4) is 0 Å². The fourth-order valence-electron chi connectivity index (χ4n) is 3.13. The van der Waals surface area contributed by atoms with Crippen molar-refractivity contribution in [2.45, 2.75) is 76.6 Å². The van der Waals surface area contributed by atoms with E-state index in [1.807, 2.05) is 0 Å². The molecule has 0 aliphatic carbocycles. The number of unbranched alkanes of at least 4 members (excludes halogenated alkanes) is 2. The Morgan fingerprint density at radius 2 is 1.93 bits per heavy atom. The molecule has 162 valence electrons. The highest BCUT2D eigenvalue weighted by Crippen LogP contribution is 2.26. The van der Waals surface area contributed by atoms with Crippen LogP contribution in [0.15, 0.2) is 0 Å². The lowest BCUT2D eigenvalue weighted by molar-refractivity contribution is -0.138. The number of primary amides is 1. The second-order valence-corrected chi connectivity index (χ2v) is 9.41. The monoisotopic (exact) mass is 414 g/mol. The van der Waals surface area contributed by atoms with Gasteiger partial charge in [0.1, 0.15) is 0 Å². The molecule has 0 spiro atoms. The second-order valence-electron chi connectivity index (χ2n) is 8.10. The van der Waals surface area contributed by atoms with Crippen molar-refractivity contribution < 1.29 is 14.4 Å². The SMILES string of the molecule is CC(C)CCN(C)C(N)CCCSC1CC(=O)N(CCCCCC(N)=O)C1=O. The third-order valence-electron chi connectivity index (χ3n) is 5.10. The molecule has 0 bridgehead atoms. The molecule has 0 aromatic rings. The van der Waals surface area contributed by atoms with Crippen molar-refractivity contribution in [1.82, 2.24) is 9.80 Å². The summed E-state index contributed by atoms with van der Waals surface area (Å²) in [4.78, 5) is 38.9. The van der Waals surface area contributed by atoms with Gasteiger partial charge in [-0.25, -0.2) is 0 Å². The first-order valence-electron chi connectivity index (χ1n) is 10.4. The lowest BCUT2D eigenvalue weighted by Gasteiger charge is -2.25. The first-order chi connectivity index (χ1) is 13.2. The minimum absolute atomic E-state index is 0.0390. The Morgan fingerprint density at radius 3 is 2.57 bits per heavy atom. The normalized spacial score (nSPS) is 18.5. The molecule has 0 radical (unpaired) electrons. The Labute approximate surface area is 173 Å². The molecule has 1 saturated heterocycles. The minimum atomic E-state index is -0.310. The molecule has 1 heterocycles. The molecule has 4 N–H and O–H groups in total. The lowest BCUT2D eigenvalue weighted by Crippen LogP contribution is -2.40. The van der Waals surface area contributed by atoms with E-state index in [1.165, 1.54) is 4.90 Å². The number of thioether (sulfide) groups is 1. The first-order valence-corrected chi connectivity index (χ1v) is 11.5. The van der Waals surface area contributed by atoms with E-state index >= 15 is 0 Å². The van der Waals surface area contributed by atoms with Gasteiger partial charge in [0.25, 0.3) is 0 Å². The molecule has 1 aliphatic heterocycles. The number of hydrogen-bond donors (Lipinski definition) is 2. The number of rotatable bonds is 15. The summed E-state index contributed by atoms with van der Waals surface area (Å²) in [7, 11) is 2.06. The van der Waals surface area contributed by atoms with Crippen molar-refractivity contribution in [3.8, 4) is 0 Å². The average Bonchev–Trinajstić information content (AvgIpc) is 2.89. The Balaban J connectivity index is 2.22. The highest BCUT2D eigenvalue weighted by Gasteiger charge is 2.38. The highest BCUT2D eigenvalue weighted by atomic mass is 32.2. The molecule has 7 nitrogen and oxygen atoms in total.